The zero-order valence-electron chi connectivity index (χ0n) is 10.7. The molecule has 1 fully saturated rings. The zero-order valence-corrected chi connectivity index (χ0v) is 12.3. The maximum Gasteiger partial charge on any atom is 0.243 e. The molecule has 1 aliphatic heterocycles. The Balaban J connectivity index is 2.25. The van der Waals surface area contributed by atoms with E-state index >= 15 is 0 Å². The fourth-order valence-corrected chi connectivity index (χ4v) is 3.88. The van der Waals surface area contributed by atoms with Gasteiger partial charge in [-0.3, -0.25) is 0 Å². The van der Waals surface area contributed by atoms with Gasteiger partial charge in [-0.1, -0.05) is 37.2 Å². The molecule has 0 radical (unpaired) electrons. The maximum absolute atomic E-state index is 12.5. The first-order valence-electron chi connectivity index (χ1n) is 6.42. The second kappa shape index (κ2) is 5.98. The van der Waals surface area contributed by atoms with Crippen LogP contribution in [0, 0.1) is 0 Å². The maximum atomic E-state index is 12.5. The van der Waals surface area contributed by atoms with Crippen molar-refractivity contribution in [2.45, 2.75) is 30.6 Å². The molecule has 1 heterocycles. The fraction of sp³-hybridized carbons (Fsp3) is 0.462. The third-order valence-corrected chi connectivity index (χ3v) is 5.49. The molecule has 2 rings (SSSR count). The van der Waals surface area contributed by atoms with Crippen molar-refractivity contribution in [1.29, 1.82) is 0 Å². The molecule has 4 nitrogen and oxygen atoms in total. The molecule has 0 amide bonds. The third-order valence-electron chi connectivity index (χ3n) is 3.34. The van der Waals surface area contributed by atoms with Crippen molar-refractivity contribution >= 4 is 27.2 Å². The van der Waals surface area contributed by atoms with Gasteiger partial charge in [-0.05, 0) is 25.0 Å². The highest BCUT2D eigenvalue weighted by atomic mass is 32.2. The number of hydrogen-bond donors (Lipinski definition) is 1. The summed E-state index contributed by atoms with van der Waals surface area (Å²) in [5.41, 5.74) is 6.19. The molecule has 1 saturated heterocycles. The number of sulfonamides is 1. The van der Waals surface area contributed by atoms with E-state index in [-0.39, 0.29) is 4.99 Å². The monoisotopic (exact) mass is 298 g/mol. The molecular weight excluding hydrogens is 280 g/mol. The van der Waals surface area contributed by atoms with Crippen molar-refractivity contribution in [3.63, 3.8) is 0 Å². The van der Waals surface area contributed by atoms with Gasteiger partial charge in [-0.25, -0.2) is 8.42 Å². The van der Waals surface area contributed by atoms with Gasteiger partial charge in [0.1, 0.15) is 4.99 Å². The Labute approximate surface area is 119 Å². The summed E-state index contributed by atoms with van der Waals surface area (Å²) in [5.74, 6) is 0. The summed E-state index contributed by atoms with van der Waals surface area (Å²) in [6, 6.07) is 6.48. The van der Waals surface area contributed by atoms with Crippen LogP contribution in [0.4, 0.5) is 0 Å². The second-order valence-electron chi connectivity index (χ2n) is 4.71. The molecule has 0 aliphatic carbocycles. The van der Waals surface area contributed by atoms with Crippen LogP contribution in [-0.4, -0.2) is 30.8 Å². The molecule has 0 atom stereocenters. The van der Waals surface area contributed by atoms with Crippen molar-refractivity contribution in [1.82, 2.24) is 4.31 Å². The van der Waals surface area contributed by atoms with Crippen molar-refractivity contribution in [2.24, 2.45) is 5.73 Å². The Morgan fingerprint density at radius 3 is 2.05 bits per heavy atom. The van der Waals surface area contributed by atoms with E-state index < -0.39 is 10.0 Å². The smallest absolute Gasteiger partial charge is 0.243 e. The van der Waals surface area contributed by atoms with Gasteiger partial charge in [-0.15, -0.1) is 0 Å². The molecule has 0 aromatic heterocycles. The van der Waals surface area contributed by atoms with Crippen molar-refractivity contribution in [3.8, 4) is 0 Å². The number of hydrogen-bond acceptors (Lipinski definition) is 3. The Morgan fingerprint density at radius 1 is 1.05 bits per heavy atom. The summed E-state index contributed by atoms with van der Waals surface area (Å²) in [4.78, 5) is 0.591. The fourth-order valence-electron chi connectivity index (χ4n) is 2.22. The Bertz CT molecular complexity index is 545. The molecule has 0 spiro atoms. The summed E-state index contributed by atoms with van der Waals surface area (Å²) >= 11 is 4.86. The van der Waals surface area contributed by atoms with Gasteiger partial charge >= 0.3 is 0 Å². The minimum absolute atomic E-state index is 0.277. The van der Waals surface area contributed by atoms with Gasteiger partial charge < -0.3 is 5.73 Å². The van der Waals surface area contributed by atoms with Gasteiger partial charge in [0.25, 0.3) is 0 Å². The number of rotatable bonds is 3. The third kappa shape index (κ3) is 3.32. The van der Waals surface area contributed by atoms with E-state index in [0.29, 0.717) is 23.5 Å². The number of nitrogens with zero attached hydrogens (tertiary/aromatic N) is 1. The normalized spacial score (nSPS) is 17.9. The van der Waals surface area contributed by atoms with Gasteiger partial charge in [0.05, 0.1) is 4.90 Å². The van der Waals surface area contributed by atoms with Crippen LogP contribution in [0.3, 0.4) is 0 Å². The molecule has 1 aromatic carbocycles. The van der Waals surface area contributed by atoms with Gasteiger partial charge in [0.2, 0.25) is 10.0 Å². The zero-order chi connectivity index (χ0) is 13.9. The lowest BCUT2D eigenvalue weighted by molar-refractivity contribution is 0.424. The van der Waals surface area contributed by atoms with Crippen LogP contribution in [0.2, 0.25) is 0 Å². The quantitative estimate of drug-likeness (QED) is 0.866. The summed E-state index contributed by atoms with van der Waals surface area (Å²) in [6.45, 7) is 1.22. The summed E-state index contributed by atoms with van der Waals surface area (Å²) < 4.78 is 26.5. The van der Waals surface area contributed by atoms with Crippen molar-refractivity contribution in [3.05, 3.63) is 29.8 Å². The van der Waals surface area contributed by atoms with Gasteiger partial charge in [-0.2, -0.15) is 4.31 Å². The lowest BCUT2D eigenvalue weighted by Gasteiger charge is -2.20. The Hall–Kier alpha value is -0.980. The van der Waals surface area contributed by atoms with Crippen molar-refractivity contribution < 1.29 is 8.42 Å². The van der Waals surface area contributed by atoms with E-state index in [4.69, 9.17) is 18.0 Å². The van der Waals surface area contributed by atoms with E-state index in [2.05, 4.69) is 0 Å². The van der Waals surface area contributed by atoms with E-state index in [1.54, 1.807) is 28.6 Å². The molecule has 1 aliphatic rings. The highest BCUT2D eigenvalue weighted by molar-refractivity contribution is 7.89. The highest BCUT2D eigenvalue weighted by Crippen LogP contribution is 2.20. The topological polar surface area (TPSA) is 63.4 Å². The lowest BCUT2D eigenvalue weighted by Crippen LogP contribution is -2.31. The minimum atomic E-state index is -3.38. The first-order chi connectivity index (χ1) is 9.01. The van der Waals surface area contributed by atoms with Crippen LogP contribution in [0.15, 0.2) is 29.2 Å². The largest absolute Gasteiger partial charge is 0.389 e. The number of benzene rings is 1. The lowest BCUT2D eigenvalue weighted by atomic mass is 10.2. The molecule has 0 saturated carbocycles. The molecule has 0 bridgehead atoms. The summed E-state index contributed by atoms with van der Waals surface area (Å²) in [7, 11) is -3.38. The van der Waals surface area contributed by atoms with E-state index in [9.17, 15) is 8.42 Å². The molecular formula is C13H18N2O2S2. The number of thiocarbonyl (C=S) groups is 1. The van der Waals surface area contributed by atoms with E-state index in [1.165, 1.54) is 0 Å². The van der Waals surface area contributed by atoms with E-state index in [1.807, 2.05) is 0 Å². The van der Waals surface area contributed by atoms with Gasteiger partial charge in [0.15, 0.2) is 0 Å². The first-order valence-corrected chi connectivity index (χ1v) is 8.26. The average molecular weight is 298 g/mol. The van der Waals surface area contributed by atoms with Crippen LogP contribution in [0.5, 0.6) is 0 Å². The standard InChI is InChI=1S/C13H18N2O2S2/c14-13(18)11-5-7-12(8-6-11)19(16,17)15-9-3-1-2-4-10-15/h5-8H,1-4,9-10H2,(H2,14,18). The molecule has 1 aromatic rings. The average Bonchev–Trinajstić information content (AvgIpc) is 2.68. The first kappa shape index (κ1) is 14.4. The predicted molar refractivity (Wildman–Crippen MR) is 79.6 cm³/mol. The van der Waals surface area contributed by atoms with Crippen molar-refractivity contribution in [2.75, 3.05) is 13.1 Å². The summed E-state index contributed by atoms with van der Waals surface area (Å²) in [5, 5.41) is 0. The Morgan fingerprint density at radius 2 is 1.58 bits per heavy atom. The van der Waals surface area contributed by atoms with E-state index in [0.717, 1.165) is 25.7 Å². The second-order valence-corrected chi connectivity index (χ2v) is 7.08. The van der Waals surface area contributed by atoms with Gasteiger partial charge in [0, 0.05) is 18.7 Å². The van der Waals surface area contributed by atoms with Crippen LogP contribution >= 0.6 is 12.2 Å². The van der Waals surface area contributed by atoms with Crippen LogP contribution in [-0.2, 0) is 10.0 Å². The molecule has 19 heavy (non-hydrogen) atoms. The summed E-state index contributed by atoms with van der Waals surface area (Å²) in [6.07, 6.45) is 4.08. The Kier molecular flexibility index (Phi) is 4.54. The van der Waals surface area contributed by atoms with Crippen LogP contribution in [0.25, 0.3) is 0 Å². The molecule has 0 unspecified atom stereocenters. The molecule has 104 valence electrons. The SMILES string of the molecule is NC(=S)c1ccc(S(=O)(=O)N2CCCCCC2)cc1. The molecule has 6 heteroatoms. The molecule has 2 N–H and O–H groups in total. The van der Waals surface area contributed by atoms with Crippen LogP contribution in [0.1, 0.15) is 31.2 Å². The number of nitrogens with two attached hydrogens (primary N) is 1. The highest BCUT2D eigenvalue weighted by Gasteiger charge is 2.24. The predicted octanol–water partition coefficient (Wildman–Crippen LogP) is 1.89. The minimum Gasteiger partial charge on any atom is -0.389 e. The van der Waals surface area contributed by atoms with Crippen LogP contribution < -0.4 is 5.73 Å².